The number of carbonyl (C=O) groups excluding carboxylic acids is 1. The normalized spacial score (nSPS) is 12.5. The van der Waals surface area contributed by atoms with E-state index in [0.717, 1.165) is 25.7 Å². The smallest absolute Gasteiger partial charge is 0.279 e. The molecule has 0 N–H and O–H groups in total. The van der Waals surface area contributed by atoms with Gasteiger partial charge in [-0.1, -0.05) is 38.0 Å². The highest BCUT2D eigenvalue weighted by atomic mass is 32.2. The number of amides is 1. The van der Waals surface area contributed by atoms with Crippen molar-refractivity contribution in [2.45, 2.75) is 57.9 Å². The molecule has 0 spiro atoms. The number of unbranched alkanes of at least 4 members (excludes halogenated alkanes) is 2. The lowest BCUT2D eigenvalue weighted by atomic mass is 10.2. The Morgan fingerprint density at radius 3 is 2.32 bits per heavy atom. The van der Waals surface area contributed by atoms with Crippen LogP contribution < -0.4 is 4.80 Å². The fourth-order valence-electron chi connectivity index (χ4n) is 3.87. The van der Waals surface area contributed by atoms with Gasteiger partial charge in [-0.05, 0) is 50.1 Å². The van der Waals surface area contributed by atoms with Gasteiger partial charge in [0.1, 0.15) is 0 Å². The molecule has 10 nitrogen and oxygen atoms in total. The molecular formula is C26H34N4O6S2. The third-order valence-electron chi connectivity index (χ3n) is 6.00. The van der Waals surface area contributed by atoms with Gasteiger partial charge in [-0.3, -0.25) is 14.9 Å². The Labute approximate surface area is 226 Å². The molecule has 0 saturated heterocycles. The molecule has 0 saturated carbocycles. The molecule has 1 heterocycles. The standard InChI is InChI=1S/C26H34N4O6S2/c1-4-7-15-28(16-8-5-2)38(34,35)22-12-9-20(10-13-22)25(31)27-26-29(17-18-36-6-3)23-14-11-21(30(32)33)19-24(23)37-26/h9-14,19H,4-8,15-18H2,1-3H3. The van der Waals surface area contributed by atoms with Gasteiger partial charge in [-0.15, -0.1) is 0 Å². The van der Waals surface area contributed by atoms with Crippen LogP contribution in [0.4, 0.5) is 5.69 Å². The third-order valence-corrected chi connectivity index (χ3v) is 8.95. The summed E-state index contributed by atoms with van der Waals surface area (Å²) in [6.45, 7) is 8.18. The Morgan fingerprint density at radius 2 is 1.74 bits per heavy atom. The summed E-state index contributed by atoms with van der Waals surface area (Å²) in [5.41, 5.74) is 0.919. The molecule has 2 aromatic carbocycles. The van der Waals surface area contributed by atoms with Gasteiger partial charge in [-0.2, -0.15) is 9.30 Å². The number of fused-ring (bicyclic) bond motifs is 1. The molecule has 0 aliphatic carbocycles. The molecular weight excluding hydrogens is 528 g/mol. The van der Waals surface area contributed by atoms with Gasteiger partial charge < -0.3 is 9.30 Å². The van der Waals surface area contributed by atoms with E-state index in [1.807, 2.05) is 20.8 Å². The first-order valence-corrected chi connectivity index (χ1v) is 15.0. The Bertz CT molecular complexity index is 1420. The van der Waals surface area contributed by atoms with Crippen molar-refractivity contribution in [2.24, 2.45) is 4.99 Å². The summed E-state index contributed by atoms with van der Waals surface area (Å²) < 4.78 is 35.8. The monoisotopic (exact) mass is 562 g/mol. The highest BCUT2D eigenvalue weighted by Crippen LogP contribution is 2.24. The SMILES string of the molecule is CCCCN(CCCC)S(=O)(=O)c1ccc(C(=O)N=c2sc3cc([N+](=O)[O-])ccc3n2CCOCC)cc1. The van der Waals surface area contributed by atoms with E-state index in [-0.39, 0.29) is 16.1 Å². The van der Waals surface area contributed by atoms with E-state index >= 15 is 0 Å². The van der Waals surface area contributed by atoms with Gasteiger partial charge in [0.25, 0.3) is 11.6 Å². The molecule has 3 aromatic rings. The third kappa shape index (κ3) is 7.13. The zero-order chi connectivity index (χ0) is 27.7. The number of hydrogen-bond acceptors (Lipinski definition) is 7. The van der Waals surface area contributed by atoms with E-state index in [4.69, 9.17) is 4.74 Å². The van der Waals surface area contributed by atoms with Crippen molar-refractivity contribution >= 4 is 43.2 Å². The van der Waals surface area contributed by atoms with E-state index in [2.05, 4.69) is 4.99 Å². The van der Waals surface area contributed by atoms with Crippen LogP contribution in [0, 0.1) is 10.1 Å². The van der Waals surface area contributed by atoms with Crippen LogP contribution in [0.2, 0.25) is 0 Å². The molecule has 12 heteroatoms. The van der Waals surface area contributed by atoms with Crippen LogP contribution in [-0.2, 0) is 21.3 Å². The number of nitro groups is 1. The molecule has 3 rings (SSSR count). The molecule has 206 valence electrons. The van der Waals surface area contributed by atoms with Crippen LogP contribution in [-0.4, -0.2) is 54.4 Å². The van der Waals surface area contributed by atoms with Crippen LogP contribution in [0.15, 0.2) is 52.4 Å². The van der Waals surface area contributed by atoms with Crippen molar-refractivity contribution in [1.29, 1.82) is 0 Å². The van der Waals surface area contributed by atoms with Gasteiger partial charge in [-0.25, -0.2) is 8.42 Å². The lowest BCUT2D eigenvalue weighted by Crippen LogP contribution is -2.33. The molecule has 0 atom stereocenters. The second-order valence-corrected chi connectivity index (χ2v) is 11.6. The quantitative estimate of drug-likeness (QED) is 0.155. The molecule has 1 amide bonds. The van der Waals surface area contributed by atoms with Crippen molar-refractivity contribution in [3.05, 3.63) is 62.9 Å². The average Bonchev–Trinajstić information content (AvgIpc) is 3.24. The summed E-state index contributed by atoms with van der Waals surface area (Å²) in [4.78, 5) is 28.6. The average molecular weight is 563 g/mol. The summed E-state index contributed by atoms with van der Waals surface area (Å²) in [6, 6.07) is 10.4. The number of hydrogen-bond donors (Lipinski definition) is 0. The molecule has 0 radical (unpaired) electrons. The summed E-state index contributed by atoms with van der Waals surface area (Å²) in [5.74, 6) is -0.533. The molecule has 0 fully saturated rings. The lowest BCUT2D eigenvalue weighted by molar-refractivity contribution is -0.384. The van der Waals surface area contributed by atoms with E-state index < -0.39 is 20.9 Å². The van der Waals surface area contributed by atoms with E-state index in [0.29, 0.717) is 47.9 Å². The first-order valence-electron chi connectivity index (χ1n) is 12.8. The lowest BCUT2D eigenvalue weighted by Gasteiger charge is -2.22. The maximum absolute atomic E-state index is 13.2. The van der Waals surface area contributed by atoms with E-state index in [1.54, 1.807) is 10.6 Å². The minimum Gasteiger partial charge on any atom is -0.380 e. The second kappa shape index (κ2) is 13.7. The highest BCUT2D eigenvalue weighted by Gasteiger charge is 2.24. The fraction of sp³-hybridized carbons (Fsp3) is 0.462. The number of rotatable bonds is 14. The van der Waals surface area contributed by atoms with E-state index in [1.165, 1.54) is 52.0 Å². The Kier molecular flexibility index (Phi) is 10.7. The van der Waals surface area contributed by atoms with Gasteiger partial charge in [0.05, 0.1) is 26.6 Å². The summed E-state index contributed by atoms with van der Waals surface area (Å²) in [7, 11) is -3.67. The first kappa shape index (κ1) is 29.6. The maximum Gasteiger partial charge on any atom is 0.279 e. The predicted octanol–water partition coefficient (Wildman–Crippen LogP) is 4.98. The summed E-state index contributed by atoms with van der Waals surface area (Å²) in [5, 5.41) is 11.2. The molecule has 0 bridgehead atoms. The van der Waals surface area contributed by atoms with E-state index in [9.17, 15) is 23.3 Å². The van der Waals surface area contributed by atoms with Gasteiger partial charge in [0.15, 0.2) is 4.80 Å². The maximum atomic E-state index is 13.2. The van der Waals surface area contributed by atoms with Crippen molar-refractivity contribution in [3.63, 3.8) is 0 Å². The zero-order valence-corrected chi connectivity index (χ0v) is 23.6. The van der Waals surface area contributed by atoms with Crippen LogP contribution in [0.1, 0.15) is 56.8 Å². The Morgan fingerprint density at radius 1 is 1.08 bits per heavy atom. The number of sulfonamides is 1. The van der Waals surface area contributed by atoms with Crippen molar-refractivity contribution < 1.29 is 22.9 Å². The number of non-ortho nitro benzene ring substituents is 1. The number of thiazole rings is 1. The van der Waals surface area contributed by atoms with Gasteiger partial charge in [0, 0.05) is 43.9 Å². The fourth-order valence-corrected chi connectivity index (χ4v) is 6.47. The highest BCUT2D eigenvalue weighted by molar-refractivity contribution is 7.89. The predicted molar refractivity (Wildman–Crippen MR) is 148 cm³/mol. The minimum absolute atomic E-state index is 0.0442. The van der Waals surface area contributed by atoms with Crippen LogP contribution >= 0.6 is 11.3 Å². The molecule has 0 unspecified atom stereocenters. The van der Waals surface area contributed by atoms with Gasteiger partial charge in [0.2, 0.25) is 10.0 Å². The molecule has 38 heavy (non-hydrogen) atoms. The van der Waals surface area contributed by atoms with Gasteiger partial charge >= 0.3 is 0 Å². The molecule has 0 aliphatic heterocycles. The largest absolute Gasteiger partial charge is 0.380 e. The number of carbonyl (C=O) groups is 1. The van der Waals surface area contributed by atoms with Crippen LogP contribution in [0.3, 0.4) is 0 Å². The summed E-state index contributed by atoms with van der Waals surface area (Å²) in [6.07, 6.45) is 3.34. The topological polar surface area (TPSA) is 124 Å². The minimum atomic E-state index is -3.67. The van der Waals surface area contributed by atoms with Crippen molar-refractivity contribution in [3.8, 4) is 0 Å². The van der Waals surface area contributed by atoms with Crippen LogP contribution in [0.25, 0.3) is 10.2 Å². The first-order chi connectivity index (χ1) is 18.2. The number of nitro benzene ring substituents is 1. The molecule has 0 aliphatic rings. The number of benzene rings is 2. The Hall–Kier alpha value is -2.93. The number of nitrogens with zero attached hydrogens (tertiary/aromatic N) is 4. The van der Waals surface area contributed by atoms with Crippen molar-refractivity contribution in [2.75, 3.05) is 26.3 Å². The number of aromatic nitrogens is 1. The Balaban J connectivity index is 1.93. The zero-order valence-electron chi connectivity index (χ0n) is 22.0. The second-order valence-electron chi connectivity index (χ2n) is 8.69. The summed E-state index contributed by atoms with van der Waals surface area (Å²) >= 11 is 1.18. The molecule has 1 aromatic heterocycles. The van der Waals surface area contributed by atoms with Crippen molar-refractivity contribution in [1.82, 2.24) is 8.87 Å². The van der Waals surface area contributed by atoms with Crippen LogP contribution in [0.5, 0.6) is 0 Å². The number of ether oxygens (including phenoxy) is 1.